The van der Waals surface area contributed by atoms with Gasteiger partial charge in [0.25, 0.3) is 0 Å². The third-order valence-electron chi connectivity index (χ3n) is 6.28. The third kappa shape index (κ3) is 8.55. The Morgan fingerprint density at radius 3 is 1.28 bits per heavy atom. The first-order chi connectivity index (χ1) is 18.7. The van der Waals surface area contributed by atoms with Crippen molar-refractivity contribution in [3.63, 3.8) is 0 Å². The molecule has 7 heteroatoms. The van der Waals surface area contributed by atoms with Crippen LogP contribution in [0.1, 0.15) is 56.6 Å². The predicted octanol–water partition coefficient (Wildman–Crippen LogP) is 8.73. The van der Waals surface area contributed by atoms with Crippen molar-refractivity contribution >= 4 is 31.0 Å². The van der Waals surface area contributed by atoms with Gasteiger partial charge in [0.2, 0.25) is 0 Å². The molecule has 4 aromatic carbocycles. The molecule has 0 heterocycles. The summed E-state index contributed by atoms with van der Waals surface area (Å²) in [6.45, 7) is 7.79. The number of rotatable bonds is 7. The first-order valence-corrected chi connectivity index (χ1v) is 16.8. The summed E-state index contributed by atoms with van der Waals surface area (Å²) in [5.41, 5.74) is 7.12. The van der Waals surface area contributed by atoms with Gasteiger partial charge in [-0.2, -0.15) is 0 Å². The molecule has 0 radical (unpaired) electrons. The van der Waals surface area contributed by atoms with Gasteiger partial charge in [-0.3, -0.25) is 9.98 Å². The van der Waals surface area contributed by atoms with Gasteiger partial charge in [-0.25, -0.2) is 0 Å². The number of aromatic hydroxyl groups is 2. The Balaban J connectivity index is 0.00000134. The Morgan fingerprint density at radius 1 is 0.615 bits per heavy atom. The Hall–Kier alpha value is -2.89. The van der Waals surface area contributed by atoms with Crippen LogP contribution in [0.4, 0.5) is 0 Å². The third-order valence-corrected chi connectivity index (χ3v) is 6.28. The molecule has 2 N–H and O–H groups in total. The van der Waals surface area contributed by atoms with Crippen LogP contribution in [0.15, 0.2) is 94.9 Å². The first-order valence-electron chi connectivity index (χ1n) is 12.5. The van der Waals surface area contributed by atoms with Gasteiger partial charge in [0.05, 0.1) is 0 Å². The number of benzene rings is 4. The van der Waals surface area contributed by atoms with Crippen LogP contribution in [-0.2, 0) is 17.0 Å². The molecule has 0 bridgehead atoms. The molecule has 0 saturated heterocycles. The van der Waals surface area contributed by atoms with Crippen LogP contribution in [-0.4, -0.2) is 22.6 Å². The van der Waals surface area contributed by atoms with E-state index in [1.165, 1.54) is 0 Å². The quantitative estimate of drug-likeness (QED) is 0.166. The first kappa shape index (κ1) is 30.7. The molecule has 4 rings (SSSR count). The van der Waals surface area contributed by atoms with Gasteiger partial charge < -0.3 is 10.2 Å². The van der Waals surface area contributed by atoms with Crippen LogP contribution in [0, 0.1) is 27.7 Å². The van der Waals surface area contributed by atoms with Gasteiger partial charge in [-0.1, -0.05) is 72.8 Å². The summed E-state index contributed by atoms with van der Waals surface area (Å²) >= 11 is -0.556. The number of hydrogen-bond donors (Lipinski definition) is 2. The number of phenolic OH excluding ortho intramolecular Hbond substituents is 2. The Bertz CT molecular complexity index is 1320. The molecule has 0 aliphatic carbocycles. The van der Waals surface area contributed by atoms with Gasteiger partial charge in [-0.15, -0.1) is 0 Å². The number of nitrogens with zero attached hydrogens (tertiary/aromatic N) is 2. The van der Waals surface area contributed by atoms with Crippen LogP contribution in [0.3, 0.4) is 0 Å². The van der Waals surface area contributed by atoms with Gasteiger partial charge in [0.1, 0.15) is 23.6 Å². The van der Waals surface area contributed by atoms with Crippen LogP contribution >= 0.6 is 18.6 Å². The van der Waals surface area contributed by atoms with Crippen molar-refractivity contribution < 1.29 is 27.2 Å². The van der Waals surface area contributed by atoms with Crippen LogP contribution < -0.4 is 0 Å². The fraction of sp³-hybridized carbons (Fsp3) is 0.188. The van der Waals surface area contributed by atoms with E-state index in [0.717, 1.165) is 33.4 Å². The van der Waals surface area contributed by atoms with E-state index in [0.29, 0.717) is 11.1 Å². The molecule has 4 nitrogen and oxygen atoms in total. The van der Waals surface area contributed by atoms with Crippen molar-refractivity contribution in [1.82, 2.24) is 0 Å². The minimum atomic E-state index is -0.556. The predicted molar refractivity (Wildman–Crippen MR) is 160 cm³/mol. The van der Waals surface area contributed by atoms with Gasteiger partial charge in [0.15, 0.2) is 0 Å². The molecule has 0 saturated carbocycles. The van der Waals surface area contributed by atoms with Crippen molar-refractivity contribution in [3.05, 3.63) is 129 Å². The average molecular weight is 595 g/mol. The summed E-state index contributed by atoms with van der Waals surface area (Å²) in [6.07, 6.45) is 3.49. The van der Waals surface area contributed by atoms with Crippen molar-refractivity contribution in [3.8, 4) is 11.5 Å². The molecule has 39 heavy (non-hydrogen) atoms. The summed E-state index contributed by atoms with van der Waals surface area (Å²) in [7, 11) is 9.78. The zero-order valence-electron chi connectivity index (χ0n) is 22.4. The minimum absolute atomic E-state index is 0.232. The number of phenols is 2. The van der Waals surface area contributed by atoms with E-state index in [-0.39, 0.29) is 23.6 Å². The fourth-order valence-electron chi connectivity index (χ4n) is 4.50. The van der Waals surface area contributed by atoms with Crippen molar-refractivity contribution in [2.75, 3.05) is 0 Å². The molecule has 0 aliphatic heterocycles. The Labute approximate surface area is 247 Å². The second-order valence-electron chi connectivity index (χ2n) is 9.38. The number of halogens is 2. The number of hydrogen-bond acceptors (Lipinski definition) is 4. The summed E-state index contributed by atoms with van der Waals surface area (Å²) < 4.78 is 0. The topological polar surface area (TPSA) is 65.2 Å². The standard InChI is InChI=1S/C32H32N2O2.2ClH.Ti/c1-21-15-23(3)31(35)27(17-21)19-33-29(25-11-7-5-8-12-25)30(26-13-9-6-10-14-26)34-20-28-18-22(2)16-24(4)32(28)36;;;/h5-20,29-30,35-36H,1-4H3;2*1H;/q;;;+2/p-2. The molecule has 0 aromatic heterocycles. The molecular weight excluding hydrogens is 563 g/mol. The monoisotopic (exact) mass is 594 g/mol. The van der Waals surface area contributed by atoms with Crippen molar-refractivity contribution in [2.45, 2.75) is 39.8 Å². The molecule has 0 fully saturated rings. The van der Waals surface area contributed by atoms with Gasteiger partial charge >= 0.3 is 35.6 Å². The Morgan fingerprint density at radius 2 is 0.949 bits per heavy atom. The summed E-state index contributed by atoms with van der Waals surface area (Å²) in [5, 5.41) is 21.3. The molecular formula is C32H32Cl2N2O2Ti. The van der Waals surface area contributed by atoms with E-state index in [1.54, 1.807) is 12.4 Å². The number of aliphatic imine (C=N–C) groups is 2. The second-order valence-corrected chi connectivity index (χ2v) is 12.0. The fourth-order valence-corrected chi connectivity index (χ4v) is 4.50. The maximum atomic E-state index is 10.6. The van der Waals surface area contributed by atoms with Crippen LogP contribution in [0.2, 0.25) is 0 Å². The summed E-state index contributed by atoms with van der Waals surface area (Å²) in [6, 6.07) is 27.2. The molecule has 2 atom stereocenters. The molecule has 0 amide bonds. The van der Waals surface area contributed by atoms with E-state index in [2.05, 4.69) is 0 Å². The van der Waals surface area contributed by atoms with Crippen molar-refractivity contribution in [2.24, 2.45) is 9.98 Å². The van der Waals surface area contributed by atoms with Gasteiger partial charge in [0, 0.05) is 23.6 Å². The van der Waals surface area contributed by atoms with E-state index in [1.807, 2.05) is 113 Å². The molecule has 4 aromatic rings. The molecule has 0 aliphatic rings. The zero-order valence-corrected chi connectivity index (χ0v) is 25.5. The second kappa shape index (κ2) is 15.0. The van der Waals surface area contributed by atoms with E-state index >= 15 is 0 Å². The van der Waals surface area contributed by atoms with E-state index < -0.39 is 17.0 Å². The van der Waals surface area contributed by atoms with Crippen LogP contribution in [0.25, 0.3) is 0 Å². The van der Waals surface area contributed by atoms with Gasteiger partial charge in [-0.05, 0) is 73.2 Å². The van der Waals surface area contributed by atoms with Crippen LogP contribution in [0.5, 0.6) is 11.5 Å². The SMILES string of the molecule is Cc1cc(C)c(O)c(C=NC(c2ccccc2)C(N=Cc2cc(C)cc(C)c2O)c2ccccc2)c1.[Cl][Ti][Cl]. The average Bonchev–Trinajstić information content (AvgIpc) is 2.92. The summed E-state index contributed by atoms with van der Waals surface area (Å²) in [4.78, 5) is 9.99. The van der Waals surface area contributed by atoms with E-state index in [9.17, 15) is 10.2 Å². The maximum absolute atomic E-state index is 10.6. The Kier molecular flexibility index (Phi) is 11.8. The van der Waals surface area contributed by atoms with Crippen molar-refractivity contribution in [1.29, 1.82) is 0 Å². The molecule has 0 spiro atoms. The van der Waals surface area contributed by atoms with E-state index in [4.69, 9.17) is 28.6 Å². The normalized spacial score (nSPS) is 12.7. The molecule has 2 unspecified atom stereocenters. The zero-order chi connectivity index (χ0) is 28.4. The summed E-state index contributed by atoms with van der Waals surface area (Å²) in [5.74, 6) is 0.465. The number of aryl methyl sites for hydroxylation is 4. The molecule has 200 valence electrons.